The number of ether oxygens (including phenoxy) is 1. The molecule has 0 atom stereocenters. The summed E-state index contributed by atoms with van der Waals surface area (Å²) >= 11 is 0. The molecule has 0 fully saturated rings. The Hall–Kier alpha value is -4.07. The van der Waals surface area contributed by atoms with Gasteiger partial charge in [-0.05, 0) is 69.2 Å². The first-order chi connectivity index (χ1) is 16.4. The van der Waals surface area contributed by atoms with Crippen LogP contribution in [0.5, 0.6) is 5.75 Å². The smallest absolute Gasteiger partial charge is 0.311 e. The fourth-order valence-electron chi connectivity index (χ4n) is 3.86. The average Bonchev–Trinajstić information content (AvgIpc) is 3.04. The van der Waals surface area contributed by atoms with Gasteiger partial charge in [0.2, 0.25) is 5.95 Å². The van der Waals surface area contributed by atoms with E-state index in [-0.39, 0.29) is 24.2 Å². The molecule has 1 aliphatic rings. The van der Waals surface area contributed by atoms with Crippen LogP contribution in [0.2, 0.25) is 0 Å². The average molecular weight is 459 g/mol. The van der Waals surface area contributed by atoms with Crippen molar-refractivity contribution < 1.29 is 19.1 Å². The van der Waals surface area contributed by atoms with Gasteiger partial charge >= 0.3 is 5.97 Å². The fraction of sp³-hybridized carbons (Fsp3) is 0.269. The molecule has 1 aromatic heterocycles. The number of rotatable bonds is 9. The highest BCUT2D eigenvalue weighted by atomic mass is 16.5. The van der Waals surface area contributed by atoms with Crippen LogP contribution in [0.25, 0.3) is 0 Å². The molecule has 0 aliphatic carbocycles. The third-order valence-corrected chi connectivity index (χ3v) is 5.47. The lowest BCUT2D eigenvalue weighted by Crippen LogP contribution is -2.30. The van der Waals surface area contributed by atoms with E-state index in [0.29, 0.717) is 48.6 Å². The van der Waals surface area contributed by atoms with Crippen LogP contribution in [0, 0.1) is 13.8 Å². The van der Waals surface area contributed by atoms with Gasteiger partial charge in [0.25, 0.3) is 11.8 Å². The van der Waals surface area contributed by atoms with Gasteiger partial charge in [-0.25, -0.2) is 9.97 Å². The van der Waals surface area contributed by atoms with Crippen LogP contribution >= 0.6 is 0 Å². The highest BCUT2D eigenvalue weighted by molar-refractivity contribution is 6.21. The molecule has 0 spiro atoms. The van der Waals surface area contributed by atoms with Crippen LogP contribution in [-0.2, 0) is 4.79 Å². The van der Waals surface area contributed by atoms with E-state index in [1.807, 2.05) is 19.9 Å². The Labute approximate surface area is 198 Å². The van der Waals surface area contributed by atoms with Crippen molar-refractivity contribution in [1.82, 2.24) is 14.9 Å². The molecule has 0 radical (unpaired) electrons. The zero-order valence-corrected chi connectivity index (χ0v) is 19.2. The number of hydrogen-bond acceptors (Lipinski definition) is 7. The van der Waals surface area contributed by atoms with Gasteiger partial charge in [-0.1, -0.05) is 18.6 Å². The highest BCUT2D eigenvalue weighted by Crippen LogP contribution is 2.23. The van der Waals surface area contributed by atoms with E-state index in [0.717, 1.165) is 17.1 Å². The summed E-state index contributed by atoms with van der Waals surface area (Å²) in [6.07, 6.45) is 2.23. The van der Waals surface area contributed by atoms with Crippen molar-refractivity contribution in [3.63, 3.8) is 0 Å². The van der Waals surface area contributed by atoms with Gasteiger partial charge in [0.1, 0.15) is 5.75 Å². The molecule has 8 nitrogen and oxygen atoms in total. The van der Waals surface area contributed by atoms with Gasteiger partial charge in [-0.2, -0.15) is 0 Å². The normalized spacial score (nSPS) is 12.6. The molecule has 2 heterocycles. The second kappa shape index (κ2) is 10.2. The third-order valence-electron chi connectivity index (χ3n) is 5.47. The molecule has 3 aromatic rings. The molecule has 0 saturated heterocycles. The minimum absolute atomic E-state index is 0.248. The fourth-order valence-corrected chi connectivity index (χ4v) is 3.86. The van der Waals surface area contributed by atoms with Crippen molar-refractivity contribution in [2.24, 2.45) is 0 Å². The zero-order valence-electron chi connectivity index (χ0n) is 19.2. The first-order valence-corrected chi connectivity index (χ1v) is 11.3. The van der Waals surface area contributed by atoms with Crippen LogP contribution in [-0.4, -0.2) is 39.2 Å². The third kappa shape index (κ3) is 5.46. The summed E-state index contributed by atoms with van der Waals surface area (Å²) < 4.78 is 5.40. The number of imide groups is 1. The number of nitrogens with one attached hydrogen (secondary N) is 1. The number of benzene rings is 2. The number of amides is 2. The first-order valence-electron chi connectivity index (χ1n) is 11.3. The standard InChI is InChI=1S/C26H26N4O4/c1-17-16-18(2)28-26(27-17)29-19-11-13-20(14-12-19)34-23(31)10-4-3-7-15-30-24(32)21-8-5-6-9-22(21)25(30)33/h5-6,8-9,11-14,16H,3-4,7,10,15H2,1-2H3,(H,27,28,29). The van der Waals surface area contributed by atoms with E-state index < -0.39 is 0 Å². The number of carbonyl (C=O) groups is 3. The van der Waals surface area contributed by atoms with Crippen molar-refractivity contribution in [2.45, 2.75) is 39.5 Å². The second-order valence-corrected chi connectivity index (χ2v) is 8.22. The van der Waals surface area contributed by atoms with E-state index in [9.17, 15) is 14.4 Å². The van der Waals surface area contributed by atoms with Crippen molar-refractivity contribution in [1.29, 1.82) is 0 Å². The molecule has 1 N–H and O–H groups in total. The zero-order chi connectivity index (χ0) is 24.1. The Morgan fingerprint density at radius 3 is 2.12 bits per heavy atom. The number of nitrogens with zero attached hydrogens (tertiary/aromatic N) is 3. The minimum atomic E-state index is -0.320. The Morgan fingerprint density at radius 1 is 0.882 bits per heavy atom. The van der Waals surface area contributed by atoms with E-state index >= 15 is 0 Å². The molecule has 4 rings (SSSR count). The van der Waals surface area contributed by atoms with Gasteiger partial charge in [0.15, 0.2) is 0 Å². The molecular weight excluding hydrogens is 432 g/mol. The molecular formula is C26H26N4O4. The van der Waals surface area contributed by atoms with Crippen LogP contribution in [0.1, 0.15) is 57.8 Å². The van der Waals surface area contributed by atoms with Crippen molar-refractivity contribution in [3.05, 3.63) is 77.1 Å². The van der Waals surface area contributed by atoms with E-state index in [1.165, 1.54) is 4.90 Å². The number of hydrogen-bond donors (Lipinski definition) is 1. The topological polar surface area (TPSA) is 101 Å². The summed E-state index contributed by atoms with van der Waals surface area (Å²) in [7, 11) is 0. The van der Waals surface area contributed by atoms with E-state index in [4.69, 9.17) is 4.74 Å². The molecule has 2 aromatic carbocycles. The monoisotopic (exact) mass is 458 g/mol. The minimum Gasteiger partial charge on any atom is -0.427 e. The maximum atomic E-state index is 12.4. The SMILES string of the molecule is Cc1cc(C)nc(Nc2ccc(OC(=O)CCCCCN3C(=O)c4ccccc4C3=O)cc2)n1. The molecule has 34 heavy (non-hydrogen) atoms. The van der Waals surface area contributed by atoms with Crippen molar-refractivity contribution in [2.75, 3.05) is 11.9 Å². The van der Waals surface area contributed by atoms with Crippen LogP contribution in [0.15, 0.2) is 54.6 Å². The first kappa shape index (κ1) is 23.1. The largest absolute Gasteiger partial charge is 0.427 e. The predicted molar refractivity (Wildman–Crippen MR) is 127 cm³/mol. The lowest BCUT2D eigenvalue weighted by molar-refractivity contribution is -0.134. The Kier molecular flexibility index (Phi) is 6.96. The molecule has 8 heteroatoms. The maximum absolute atomic E-state index is 12.4. The lowest BCUT2D eigenvalue weighted by Gasteiger charge is -2.13. The van der Waals surface area contributed by atoms with Gasteiger partial charge < -0.3 is 10.1 Å². The summed E-state index contributed by atoms with van der Waals surface area (Å²) in [5.41, 5.74) is 3.46. The molecule has 0 unspecified atom stereocenters. The number of aryl methyl sites for hydroxylation is 2. The summed E-state index contributed by atoms with van der Waals surface area (Å²) in [6, 6.07) is 15.8. The summed E-state index contributed by atoms with van der Waals surface area (Å²) in [5.74, 6) is 0.162. The van der Waals surface area contributed by atoms with Crippen LogP contribution < -0.4 is 10.1 Å². The number of carbonyl (C=O) groups excluding carboxylic acids is 3. The number of aromatic nitrogens is 2. The van der Waals surface area contributed by atoms with Gasteiger partial charge in [-0.15, -0.1) is 0 Å². The molecule has 0 saturated carbocycles. The lowest BCUT2D eigenvalue weighted by atomic mass is 10.1. The summed E-state index contributed by atoms with van der Waals surface area (Å²) in [6.45, 7) is 4.17. The Bertz CT molecular complexity index is 1170. The molecule has 2 amide bonds. The van der Waals surface area contributed by atoms with E-state index in [1.54, 1.807) is 48.5 Å². The summed E-state index contributed by atoms with van der Waals surface area (Å²) in [5, 5.41) is 3.13. The Balaban J connectivity index is 1.17. The van der Waals surface area contributed by atoms with Crippen molar-refractivity contribution >= 4 is 29.4 Å². The number of fused-ring (bicyclic) bond motifs is 1. The number of unbranched alkanes of at least 4 members (excludes halogenated alkanes) is 2. The van der Waals surface area contributed by atoms with Gasteiger partial charge in [-0.3, -0.25) is 19.3 Å². The van der Waals surface area contributed by atoms with E-state index in [2.05, 4.69) is 15.3 Å². The van der Waals surface area contributed by atoms with Crippen molar-refractivity contribution in [3.8, 4) is 5.75 Å². The quantitative estimate of drug-likeness (QED) is 0.216. The molecule has 0 bridgehead atoms. The predicted octanol–water partition coefficient (Wildman–Crippen LogP) is 4.60. The van der Waals surface area contributed by atoms with Gasteiger partial charge in [0, 0.05) is 30.0 Å². The number of esters is 1. The van der Waals surface area contributed by atoms with Crippen LogP contribution in [0.3, 0.4) is 0 Å². The molecule has 1 aliphatic heterocycles. The number of anilines is 2. The summed E-state index contributed by atoms with van der Waals surface area (Å²) in [4.78, 5) is 46.8. The van der Waals surface area contributed by atoms with Crippen LogP contribution in [0.4, 0.5) is 11.6 Å². The second-order valence-electron chi connectivity index (χ2n) is 8.22. The highest BCUT2D eigenvalue weighted by Gasteiger charge is 2.34. The van der Waals surface area contributed by atoms with Gasteiger partial charge in [0.05, 0.1) is 11.1 Å². The Morgan fingerprint density at radius 2 is 1.50 bits per heavy atom. The maximum Gasteiger partial charge on any atom is 0.311 e. The molecule has 174 valence electrons.